The molecule has 0 heterocycles. The third kappa shape index (κ3) is 17.6. The molecule has 0 aliphatic heterocycles. The smallest absolute Gasteiger partial charge is 0.272 e. The summed E-state index contributed by atoms with van der Waals surface area (Å²) in [6.45, 7) is 11.7. The topological polar surface area (TPSA) is 131 Å². The van der Waals surface area contributed by atoms with Crippen LogP contribution in [0.2, 0.25) is 0 Å². The summed E-state index contributed by atoms with van der Waals surface area (Å²) in [5.41, 5.74) is 4.75. The predicted molar refractivity (Wildman–Crippen MR) is 121 cm³/mol. The average Bonchev–Trinajstić information content (AvgIpc) is 2.62. The molecule has 0 N–H and O–H groups in total. The van der Waals surface area contributed by atoms with Gasteiger partial charge in [-0.15, -0.1) is 0 Å². The van der Waals surface area contributed by atoms with Gasteiger partial charge in [0, 0.05) is 0 Å². The monoisotopic (exact) mass is 491 g/mol. The van der Waals surface area contributed by atoms with Crippen LogP contribution in [0.25, 0.3) is 0 Å². The first-order chi connectivity index (χ1) is 14.8. The predicted octanol–water partition coefficient (Wildman–Crippen LogP) is 4.83. The van der Waals surface area contributed by atoms with Gasteiger partial charge in [0.1, 0.15) is 12.4 Å². The van der Waals surface area contributed by atoms with Crippen LogP contribution in [0.1, 0.15) is 80.1 Å². The van der Waals surface area contributed by atoms with Crippen molar-refractivity contribution in [2.45, 2.75) is 80.1 Å². The lowest BCUT2D eigenvalue weighted by atomic mass is 10.0. The lowest BCUT2D eigenvalue weighted by Gasteiger charge is -2.35. The Morgan fingerprint density at radius 3 is 1.78 bits per heavy atom. The van der Waals surface area contributed by atoms with E-state index in [0.29, 0.717) is 6.42 Å². The molecule has 0 bridgehead atoms. The highest BCUT2D eigenvalue weighted by molar-refractivity contribution is 7.58. The number of allylic oxidation sites excluding steroid dienone is 7. The molecule has 1 unspecified atom stereocenters. The van der Waals surface area contributed by atoms with Crippen molar-refractivity contribution >= 4 is 15.6 Å². The number of rotatable bonds is 16. The second kappa shape index (κ2) is 15.8. The third-order valence-electron chi connectivity index (χ3n) is 4.48. The molecule has 0 fully saturated rings. The van der Waals surface area contributed by atoms with Crippen molar-refractivity contribution in [3.63, 3.8) is 0 Å². The van der Waals surface area contributed by atoms with Crippen LogP contribution in [0.5, 0.6) is 0 Å². The van der Waals surface area contributed by atoms with E-state index in [4.69, 9.17) is 4.74 Å². The molecular weight excluding hydrogens is 454 g/mol. The Kier molecular flexibility index (Phi) is 15.3. The molecule has 0 amide bonds. The zero-order valence-corrected chi connectivity index (χ0v) is 21.8. The van der Waals surface area contributed by atoms with E-state index in [0.717, 1.165) is 37.7 Å². The Morgan fingerprint density at radius 1 is 0.812 bits per heavy atom. The normalized spacial score (nSPS) is 15.8. The highest BCUT2D eigenvalue weighted by Gasteiger charge is 2.14. The molecule has 0 aromatic carbocycles. The summed E-state index contributed by atoms with van der Waals surface area (Å²) in [5.74, 6) is 0.264. The van der Waals surface area contributed by atoms with E-state index in [-0.39, 0.29) is 12.4 Å². The van der Waals surface area contributed by atoms with Gasteiger partial charge in [-0.1, -0.05) is 34.9 Å². The summed E-state index contributed by atoms with van der Waals surface area (Å²) in [4.78, 5) is 32.4. The van der Waals surface area contributed by atoms with E-state index in [2.05, 4.69) is 54.8 Å². The van der Waals surface area contributed by atoms with Crippen molar-refractivity contribution in [3.8, 4) is 0 Å². The molecule has 1 atom stereocenters. The molecule has 0 spiro atoms. The largest absolute Gasteiger partial charge is 0.790 e. The fraction of sp³-hybridized carbons (Fsp3) is 0.636. The van der Waals surface area contributed by atoms with Crippen molar-refractivity contribution in [2.75, 3.05) is 13.2 Å². The van der Waals surface area contributed by atoms with E-state index in [1.807, 2.05) is 0 Å². The second-order valence-electron chi connectivity index (χ2n) is 7.88. The summed E-state index contributed by atoms with van der Waals surface area (Å²) in [6.07, 6.45) is 12.1. The Bertz CT molecular complexity index is 786. The van der Waals surface area contributed by atoms with Crippen LogP contribution >= 0.6 is 15.6 Å². The molecule has 0 rings (SSSR count). The van der Waals surface area contributed by atoms with Crippen molar-refractivity contribution in [2.24, 2.45) is 0 Å². The molecule has 0 aliphatic rings. The molecule has 0 aromatic heterocycles. The van der Waals surface area contributed by atoms with E-state index < -0.39 is 22.3 Å². The van der Waals surface area contributed by atoms with Crippen molar-refractivity contribution < 1.29 is 37.4 Å². The highest BCUT2D eigenvalue weighted by Crippen LogP contribution is 2.50. The van der Waals surface area contributed by atoms with Crippen LogP contribution in [0.3, 0.4) is 0 Å². The fourth-order valence-electron chi connectivity index (χ4n) is 2.76. The van der Waals surface area contributed by atoms with E-state index in [1.54, 1.807) is 13.8 Å². The number of hydrogen-bond donors (Lipinski definition) is 0. The standard InChI is InChI=1S/C22H40O8P2/c1-7-28-22(17-29-32(26,27)30-31(23,24)25)21(6)16-10-15-20(5)14-9-13-19(4)12-8-11-18(2)3/h11,13,15H,7-10,12,14,16-17H2,1-6H3,(H,26,27)(H2,23,24,25)/p-3/b19-13+,20-15+,22-21-. The van der Waals surface area contributed by atoms with Crippen LogP contribution < -0.4 is 14.7 Å². The summed E-state index contributed by atoms with van der Waals surface area (Å²) >= 11 is 0. The number of ether oxygens (including phenoxy) is 1. The van der Waals surface area contributed by atoms with Gasteiger partial charge in [0.2, 0.25) is 0 Å². The van der Waals surface area contributed by atoms with Crippen molar-refractivity contribution in [1.29, 1.82) is 0 Å². The van der Waals surface area contributed by atoms with Gasteiger partial charge in [-0.05, 0) is 85.6 Å². The number of hydrogen-bond acceptors (Lipinski definition) is 8. The summed E-state index contributed by atoms with van der Waals surface area (Å²) in [6, 6.07) is 0. The van der Waals surface area contributed by atoms with Gasteiger partial charge >= 0.3 is 0 Å². The zero-order chi connectivity index (χ0) is 24.8. The molecular formula is C22H37O8P2-3. The third-order valence-corrected chi connectivity index (χ3v) is 6.53. The van der Waals surface area contributed by atoms with Gasteiger partial charge in [-0.3, -0.25) is 8.88 Å². The Morgan fingerprint density at radius 2 is 1.31 bits per heavy atom. The Balaban J connectivity index is 4.68. The quantitative estimate of drug-likeness (QED) is 0.170. The first kappa shape index (κ1) is 31.0. The van der Waals surface area contributed by atoms with E-state index in [1.165, 1.54) is 16.7 Å². The first-order valence-electron chi connectivity index (χ1n) is 10.7. The maximum atomic E-state index is 11.4. The van der Waals surface area contributed by atoms with Crippen LogP contribution in [0, 0.1) is 0 Å². The molecule has 10 heteroatoms. The van der Waals surface area contributed by atoms with Crippen molar-refractivity contribution in [1.82, 2.24) is 0 Å². The van der Waals surface area contributed by atoms with Gasteiger partial charge in [-0.25, -0.2) is 0 Å². The van der Waals surface area contributed by atoms with Crippen molar-refractivity contribution in [3.05, 3.63) is 46.3 Å². The molecule has 0 aliphatic carbocycles. The zero-order valence-electron chi connectivity index (χ0n) is 20.0. The fourth-order valence-corrected chi connectivity index (χ4v) is 4.20. The SMILES string of the molecule is CCO/C(COP(=O)([O-])OP(=O)([O-])[O-])=C(/C)CC/C=C(\C)CC/C=C(\C)CCC=C(C)C. The molecule has 0 aromatic rings. The minimum atomic E-state index is -5.71. The highest BCUT2D eigenvalue weighted by atomic mass is 31.3. The second-order valence-corrected chi connectivity index (χ2v) is 10.6. The molecule has 0 saturated carbocycles. The molecule has 186 valence electrons. The summed E-state index contributed by atoms with van der Waals surface area (Å²) < 4.78 is 35.3. The number of phosphoric ester groups is 1. The molecule has 0 radical (unpaired) electrons. The number of phosphoric acid groups is 2. The minimum absolute atomic E-state index is 0.264. The Hall–Kier alpha value is -0.980. The minimum Gasteiger partial charge on any atom is -0.790 e. The van der Waals surface area contributed by atoms with E-state index >= 15 is 0 Å². The van der Waals surface area contributed by atoms with Gasteiger partial charge in [0.15, 0.2) is 0 Å². The average molecular weight is 491 g/mol. The lowest BCUT2D eigenvalue weighted by Crippen LogP contribution is -2.20. The molecule has 32 heavy (non-hydrogen) atoms. The van der Waals surface area contributed by atoms with Gasteiger partial charge in [0.05, 0.1) is 14.4 Å². The maximum absolute atomic E-state index is 11.4. The van der Waals surface area contributed by atoms with Gasteiger partial charge in [-0.2, -0.15) is 0 Å². The lowest BCUT2D eigenvalue weighted by molar-refractivity contribution is -0.339. The molecule has 8 nitrogen and oxygen atoms in total. The van der Waals surface area contributed by atoms with Crippen LogP contribution in [-0.2, 0) is 22.7 Å². The first-order valence-corrected chi connectivity index (χ1v) is 13.6. The maximum Gasteiger partial charge on any atom is 0.272 e. The summed E-state index contributed by atoms with van der Waals surface area (Å²) in [7, 11) is -11.0. The summed E-state index contributed by atoms with van der Waals surface area (Å²) in [5, 5.41) is 0. The van der Waals surface area contributed by atoms with Crippen LogP contribution in [-0.4, -0.2) is 13.2 Å². The molecule has 0 saturated heterocycles. The van der Waals surface area contributed by atoms with Crippen LogP contribution in [0.4, 0.5) is 0 Å². The Labute approximate surface area is 192 Å². The van der Waals surface area contributed by atoms with Gasteiger partial charge in [0.25, 0.3) is 7.82 Å². The van der Waals surface area contributed by atoms with Crippen LogP contribution in [0.15, 0.2) is 46.3 Å². The van der Waals surface area contributed by atoms with Gasteiger partial charge < -0.3 is 28.5 Å². The van der Waals surface area contributed by atoms with E-state index in [9.17, 15) is 23.8 Å².